The van der Waals surface area contributed by atoms with Gasteiger partial charge in [0.1, 0.15) is 6.61 Å². The summed E-state index contributed by atoms with van der Waals surface area (Å²) in [6, 6.07) is 10.3. The van der Waals surface area contributed by atoms with Crippen molar-refractivity contribution in [1.82, 2.24) is 9.21 Å². The summed E-state index contributed by atoms with van der Waals surface area (Å²) in [7, 11) is -3.66. The van der Waals surface area contributed by atoms with E-state index >= 15 is 0 Å². The lowest BCUT2D eigenvalue weighted by molar-refractivity contribution is -0.150. The van der Waals surface area contributed by atoms with Crippen molar-refractivity contribution < 1.29 is 27.5 Å². The minimum atomic E-state index is -3.66. The third-order valence-corrected chi connectivity index (χ3v) is 8.63. The van der Waals surface area contributed by atoms with Crippen LogP contribution in [-0.2, 0) is 19.6 Å². The van der Waals surface area contributed by atoms with Crippen LogP contribution in [0.5, 0.6) is 0 Å². The van der Waals surface area contributed by atoms with Gasteiger partial charge in [-0.1, -0.05) is 29.8 Å². The molecule has 180 valence electrons. The van der Waals surface area contributed by atoms with E-state index in [1.165, 1.54) is 4.31 Å². The van der Waals surface area contributed by atoms with E-state index in [9.17, 15) is 22.8 Å². The highest BCUT2D eigenvalue weighted by atomic mass is 32.2. The van der Waals surface area contributed by atoms with Crippen LogP contribution >= 0.6 is 0 Å². The van der Waals surface area contributed by atoms with E-state index in [0.29, 0.717) is 40.0 Å². The summed E-state index contributed by atoms with van der Waals surface area (Å²) in [6.45, 7) is 5.88. The van der Waals surface area contributed by atoms with Gasteiger partial charge in [-0.15, -0.1) is 0 Å². The lowest BCUT2D eigenvalue weighted by Crippen LogP contribution is -2.41. The Morgan fingerprint density at radius 3 is 2.03 bits per heavy atom. The topological polar surface area (TPSA) is 101 Å². The molecule has 2 amide bonds. The van der Waals surface area contributed by atoms with Crippen molar-refractivity contribution in [2.75, 3.05) is 26.2 Å². The average Bonchev–Trinajstić information content (AvgIpc) is 3.03. The fourth-order valence-corrected chi connectivity index (χ4v) is 6.71. The second-order valence-electron chi connectivity index (χ2n) is 8.88. The summed E-state index contributed by atoms with van der Waals surface area (Å²) in [5, 5.41) is 0. The van der Waals surface area contributed by atoms with E-state index in [0.717, 1.165) is 10.5 Å². The molecule has 9 heteroatoms. The highest BCUT2D eigenvalue weighted by Crippen LogP contribution is 2.29. The zero-order chi connectivity index (χ0) is 24.6. The van der Waals surface area contributed by atoms with Gasteiger partial charge in [0.05, 0.1) is 28.5 Å². The Bertz CT molecular complexity index is 1200. The number of amides is 2. The zero-order valence-corrected chi connectivity index (χ0v) is 20.4. The molecule has 34 heavy (non-hydrogen) atoms. The first-order valence-electron chi connectivity index (χ1n) is 11.3. The van der Waals surface area contributed by atoms with Gasteiger partial charge in [0.15, 0.2) is 0 Å². The molecule has 2 aliphatic heterocycles. The summed E-state index contributed by atoms with van der Waals surface area (Å²) in [5.41, 5.74) is 3.15. The van der Waals surface area contributed by atoms with Gasteiger partial charge in [0.2, 0.25) is 10.0 Å². The van der Waals surface area contributed by atoms with Crippen LogP contribution in [0.2, 0.25) is 0 Å². The normalized spacial score (nSPS) is 17.2. The van der Waals surface area contributed by atoms with Crippen molar-refractivity contribution >= 4 is 27.8 Å². The second kappa shape index (κ2) is 9.31. The Kier molecular flexibility index (Phi) is 6.60. The first kappa shape index (κ1) is 24.1. The fraction of sp³-hybridized carbons (Fsp3) is 0.400. The van der Waals surface area contributed by atoms with Gasteiger partial charge in [-0.25, -0.2) is 8.42 Å². The molecule has 8 nitrogen and oxygen atoms in total. The van der Waals surface area contributed by atoms with Crippen LogP contribution in [0.4, 0.5) is 0 Å². The van der Waals surface area contributed by atoms with E-state index in [4.69, 9.17) is 4.74 Å². The van der Waals surface area contributed by atoms with Crippen molar-refractivity contribution in [1.29, 1.82) is 0 Å². The number of carbonyl (C=O) groups is 3. The summed E-state index contributed by atoms with van der Waals surface area (Å²) in [6.07, 6.45) is 0.712. The summed E-state index contributed by atoms with van der Waals surface area (Å²) in [5.74, 6) is -1.64. The average molecular weight is 485 g/mol. The van der Waals surface area contributed by atoms with Gasteiger partial charge in [-0.3, -0.25) is 19.3 Å². The van der Waals surface area contributed by atoms with Crippen LogP contribution in [0, 0.1) is 26.7 Å². The number of sulfonamides is 1. The summed E-state index contributed by atoms with van der Waals surface area (Å²) >= 11 is 0. The van der Waals surface area contributed by atoms with Crippen LogP contribution in [0.25, 0.3) is 0 Å². The number of rotatable bonds is 6. The second-order valence-corrected chi connectivity index (χ2v) is 10.8. The molecule has 0 atom stereocenters. The third kappa shape index (κ3) is 4.37. The molecule has 0 unspecified atom stereocenters. The molecule has 4 rings (SSSR count). The number of imide groups is 1. The van der Waals surface area contributed by atoms with Crippen molar-refractivity contribution in [3.05, 3.63) is 64.2 Å². The number of carbonyl (C=O) groups excluding carboxylic acids is 3. The quantitative estimate of drug-likeness (QED) is 0.462. The SMILES string of the molecule is Cc1cc(C)c(S(=O)(=O)N2CCC(C(=O)OCCN3C(=O)c4ccccc4C3=O)CC2)c(C)c1. The van der Waals surface area contributed by atoms with Crippen LogP contribution in [0.1, 0.15) is 50.2 Å². The molecule has 2 aliphatic rings. The van der Waals surface area contributed by atoms with Crippen LogP contribution in [0.3, 0.4) is 0 Å². The molecule has 0 bridgehead atoms. The Hall–Kier alpha value is -3.04. The number of hydrogen-bond acceptors (Lipinski definition) is 6. The largest absolute Gasteiger partial charge is 0.464 e. The first-order valence-corrected chi connectivity index (χ1v) is 12.7. The number of esters is 1. The monoisotopic (exact) mass is 484 g/mol. The number of hydrogen-bond donors (Lipinski definition) is 0. The molecule has 1 saturated heterocycles. The van der Waals surface area contributed by atoms with E-state index in [2.05, 4.69) is 0 Å². The van der Waals surface area contributed by atoms with Crippen molar-refractivity contribution in [2.45, 2.75) is 38.5 Å². The minimum Gasteiger partial charge on any atom is -0.464 e. The number of piperidine rings is 1. The van der Waals surface area contributed by atoms with Crippen LogP contribution < -0.4 is 0 Å². The number of fused-ring (bicyclic) bond motifs is 1. The molecule has 2 aromatic carbocycles. The Balaban J connectivity index is 1.31. The maximum atomic E-state index is 13.2. The predicted molar refractivity (Wildman–Crippen MR) is 125 cm³/mol. The Morgan fingerprint density at radius 1 is 0.971 bits per heavy atom. The molecule has 0 N–H and O–H groups in total. The molecule has 0 aromatic heterocycles. The van der Waals surface area contributed by atoms with Gasteiger partial charge >= 0.3 is 5.97 Å². The molecule has 2 aromatic rings. The van der Waals surface area contributed by atoms with Gasteiger partial charge in [0.25, 0.3) is 11.8 Å². The highest BCUT2D eigenvalue weighted by Gasteiger charge is 2.36. The molecular formula is C25H28N2O6S. The van der Waals surface area contributed by atoms with Gasteiger partial charge in [-0.05, 0) is 56.9 Å². The maximum absolute atomic E-state index is 13.2. The molecule has 0 aliphatic carbocycles. The number of benzene rings is 2. The number of nitrogens with zero attached hydrogens (tertiary/aromatic N) is 2. The highest BCUT2D eigenvalue weighted by molar-refractivity contribution is 7.89. The first-order chi connectivity index (χ1) is 16.1. The summed E-state index contributed by atoms with van der Waals surface area (Å²) in [4.78, 5) is 38.8. The zero-order valence-electron chi connectivity index (χ0n) is 19.5. The van der Waals surface area contributed by atoms with Crippen molar-refractivity contribution in [3.8, 4) is 0 Å². The predicted octanol–water partition coefficient (Wildman–Crippen LogP) is 2.85. The molecule has 0 radical (unpaired) electrons. The number of ether oxygens (including phenoxy) is 1. The standard InChI is InChI=1S/C25H28N2O6S/c1-16-14-17(2)22(18(3)15-16)34(31,32)26-10-8-19(9-11-26)25(30)33-13-12-27-23(28)20-6-4-5-7-21(20)24(27)29/h4-7,14-15,19H,8-13H2,1-3H3. The Labute approximate surface area is 199 Å². The number of aryl methyl sites for hydroxylation is 3. The van der Waals surface area contributed by atoms with Gasteiger partial charge < -0.3 is 4.74 Å². The molecule has 0 spiro atoms. The van der Waals surface area contributed by atoms with E-state index in [-0.39, 0.29) is 26.2 Å². The van der Waals surface area contributed by atoms with E-state index in [1.807, 2.05) is 19.1 Å². The van der Waals surface area contributed by atoms with Crippen molar-refractivity contribution in [3.63, 3.8) is 0 Å². The fourth-order valence-electron chi connectivity index (χ4n) is 4.83. The van der Waals surface area contributed by atoms with E-state index in [1.54, 1.807) is 38.1 Å². The maximum Gasteiger partial charge on any atom is 0.309 e. The summed E-state index contributed by atoms with van der Waals surface area (Å²) < 4.78 is 33.2. The van der Waals surface area contributed by atoms with Crippen LogP contribution in [-0.4, -0.2) is 61.6 Å². The van der Waals surface area contributed by atoms with Crippen molar-refractivity contribution in [2.24, 2.45) is 5.92 Å². The minimum absolute atomic E-state index is 0.0166. The third-order valence-electron chi connectivity index (χ3n) is 6.43. The molecule has 0 saturated carbocycles. The molecular weight excluding hydrogens is 456 g/mol. The molecule has 1 fully saturated rings. The lowest BCUT2D eigenvalue weighted by atomic mass is 9.98. The Morgan fingerprint density at radius 2 is 1.50 bits per heavy atom. The van der Waals surface area contributed by atoms with Gasteiger partial charge in [-0.2, -0.15) is 4.31 Å². The lowest BCUT2D eigenvalue weighted by Gasteiger charge is -2.31. The van der Waals surface area contributed by atoms with E-state index < -0.39 is 33.7 Å². The van der Waals surface area contributed by atoms with Gasteiger partial charge in [0, 0.05) is 13.1 Å². The smallest absolute Gasteiger partial charge is 0.309 e. The van der Waals surface area contributed by atoms with Crippen LogP contribution in [0.15, 0.2) is 41.3 Å². The molecule has 2 heterocycles.